The molecule has 0 spiro atoms. The van der Waals surface area contributed by atoms with E-state index in [1.807, 2.05) is 30.3 Å². The van der Waals surface area contributed by atoms with Gasteiger partial charge in [-0.25, -0.2) is 8.42 Å². The van der Waals surface area contributed by atoms with Crippen molar-refractivity contribution in [2.24, 2.45) is 5.92 Å². The van der Waals surface area contributed by atoms with Gasteiger partial charge in [-0.1, -0.05) is 30.3 Å². The highest BCUT2D eigenvalue weighted by Crippen LogP contribution is 2.23. The van der Waals surface area contributed by atoms with Gasteiger partial charge in [-0.15, -0.1) is 0 Å². The van der Waals surface area contributed by atoms with Crippen molar-refractivity contribution in [3.8, 4) is 0 Å². The number of rotatable bonds is 5. The summed E-state index contributed by atoms with van der Waals surface area (Å²) < 4.78 is 26.6. The van der Waals surface area contributed by atoms with Gasteiger partial charge < -0.3 is 5.32 Å². The van der Waals surface area contributed by atoms with Crippen molar-refractivity contribution in [1.82, 2.24) is 14.6 Å². The van der Waals surface area contributed by atoms with Gasteiger partial charge in [0.05, 0.1) is 0 Å². The summed E-state index contributed by atoms with van der Waals surface area (Å²) in [6.07, 6.45) is 3.95. The zero-order valence-corrected chi connectivity index (χ0v) is 14.7. The Morgan fingerprint density at radius 3 is 2.48 bits per heavy atom. The number of piperidine rings is 1. The molecule has 0 bridgehead atoms. The van der Waals surface area contributed by atoms with Gasteiger partial charge in [0.25, 0.3) is 0 Å². The maximum atomic E-state index is 12.6. The van der Waals surface area contributed by atoms with Crippen LogP contribution in [-0.4, -0.2) is 36.7 Å². The predicted molar refractivity (Wildman–Crippen MR) is 94.0 cm³/mol. The lowest BCUT2D eigenvalue weighted by Gasteiger charge is -2.30. The minimum absolute atomic E-state index is 0.0118. The van der Waals surface area contributed by atoms with Crippen LogP contribution in [0.4, 0.5) is 0 Å². The first-order chi connectivity index (χ1) is 12.1. The average Bonchev–Trinajstić information content (AvgIpc) is 2.68. The van der Waals surface area contributed by atoms with Crippen LogP contribution in [0.2, 0.25) is 0 Å². The lowest BCUT2D eigenvalue weighted by atomic mass is 9.97. The van der Waals surface area contributed by atoms with Gasteiger partial charge in [0, 0.05) is 37.9 Å². The molecule has 0 unspecified atom stereocenters. The first-order valence-corrected chi connectivity index (χ1v) is 9.73. The van der Waals surface area contributed by atoms with E-state index in [1.165, 1.54) is 10.5 Å². The zero-order chi connectivity index (χ0) is 17.7. The summed E-state index contributed by atoms with van der Waals surface area (Å²) in [4.78, 5) is 16.4. The van der Waals surface area contributed by atoms with Gasteiger partial charge >= 0.3 is 0 Å². The second-order valence-electron chi connectivity index (χ2n) is 6.07. The molecule has 25 heavy (non-hydrogen) atoms. The molecule has 2 heterocycles. The molecule has 1 aromatic heterocycles. The molecule has 1 fully saturated rings. The summed E-state index contributed by atoms with van der Waals surface area (Å²) >= 11 is 0. The van der Waals surface area contributed by atoms with E-state index in [0.29, 0.717) is 32.5 Å². The predicted octanol–water partition coefficient (Wildman–Crippen LogP) is 1.80. The number of hydrogen-bond donors (Lipinski definition) is 1. The number of aromatic nitrogens is 1. The molecule has 1 amide bonds. The molecule has 0 saturated carbocycles. The van der Waals surface area contributed by atoms with Crippen LogP contribution in [0.3, 0.4) is 0 Å². The molecule has 6 nitrogen and oxygen atoms in total. The Labute approximate surface area is 147 Å². The SMILES string of the molecule is O=C(NCc1ccccc1)C1CCN(S(=O)(=O)c2cccnc2)CC1. The standard InChI is InChI=1S/C18H21N3O3S/c22-18(20-13-15-5-2-1-3-6-15)16-8-11-21(12-9-16)25(23,24)17-7-4-10-19-14-17/h1-7,10,14,16H,8-9,11-13H2,(H,20,22). The summed E-state index contributed by atoms with van der Waals surface area (Å²) in [5, 5.41) is 2.94. The third kappa shape index (κ3) is 4.24. The summed E-state index contributed by atoms with van der Waals surface area (Å²) in [5.74, 6) is -0.161. The van der Waals surface area contributed by atoms with E-state index in [2.05, 4.69) is 10.3 Å². The topological polar surface area (TPSA) is 79.4 Å². The van der Waals surface area contributed by atoms with E-state index < -0.39 is 10.0 Å². The lowest BCUT2D eigenvalue weighted by molar-refractivity contribution is -0.126. The third-order valence-corrected chi connectivity index (χ3v) is 6.29. The third-order valence-electron chi connectivity index (χ3n) is 4.41. The van der Waals surface area contributed by atoms with Crippen LogP contribution in [0.25, 0.3) is 0 Å². The monoisotopic (exact) mass is 359 g/mol. The van der Waals surface area contributed by atoms with Crippen molar-refractivity contribution in [2.75, 3.05) is 13.1 Å². The molecule has 2 aromatic rings. The molecule has 1 saturated heterocycles. The molecule has 1 aliphatic rings. The van der Waals surface area contributed by atoms with Crippen molar-refractivity contribution in [2.45, 2.75) is 24.3 Å². The average molecular weight is 359 g/mol. The Morgan fingerprint density at radius 1 is 1.12 bits per heavy atom. The minimum Gasteiger partial charge on any atom is -0.352 e. The van der Waals surface area contributed by atoms with E-state index >= 15 is 0 Å². The maximum absolute atomic E-state index is 12.6. The minimum atomic E-state index is -3.53. The molecule has 3 rings (SSSR count). The number of nitrogens with zero attached hydrogens (tertiary/aromatic N) is 2. The van der Waals surface area contributed by atoms with Crippen molar-refractivity contribution in [3.63, 3.8) is 0 Å². The maximum Gasteiger partial charge on any atom is 0.244 e. The van der Waals surface area contributed by atoms with E-state index in [-0.39, 0.29) is 16.7 Å². The van der Waals surface area contributed by atoms with Crippen LogP contribution in [0.15, 0.2) is 59.8 Å². The highest BCUT2D eigenvalue weighted by atomic mass is 32.2. The van der Waals surface area contributed by atoms with E-state index in [0.717, 1.165) is 5.56 Å². The second kappa shape index (κ2) is 7.76. The number of pyridine rings is 1. The number of carbonyl (C=O) groups excluding carboxylic acids is 1. The molecule has 132 valence electrons. The van der Waals surface area contributed by atoms with Crippen LogP contribution in [0, 0.1) is 5.92 Å². The molecule has 1 N–H and O–H groups in total. The Bertz CT molecular complexity index is 802. The molecule has 0 atom stereocenters. The number of benzene rings is 1. The molecule has 0 aliphatic carbocycles. The summed E-state index contributed by atoms with van der Waals surface area (Å²) in [5.41, 5.74) is 1.05. The second-order valence-corrected chi connectivity index (χ2v) is 8.01. The van der Waals surface area contributed by atoms with Gasteiger partial charge in [-0.05, 0) is 30.5 Å². The lowest BCUT2D eigenvalue weighted by Crippen LogP contribution is -2.42. The van der Waals surface area contributed by atoms with Crippen LogP contribution in [0.1, 0.15) is 18.4 Å². The highest BCUT2D eigenvalue weighted by Gasteiger charge is 2.32. The van der Waals surface area contributed by atoms with Crippen molar-refractivity contribution >= 4 is 15.9 Å². The fraction of sp³-hybridized carbons (Fsp3) is 0.333. The molecule has 1 aliphatic heterocycles. The first kappa shape index (κ1) is 17.6. The Balaban J connectivity index is 1.54. The first-order valence-electron chi connectivity index (χ1n) is 8.29. The van der Waals surface area contributed by atoms with Crippen molar-refractivity contribution in [3.05, 3.63) is 60.4 Å². The smallest absolute Gasteiger partial charge is 0.244 e. The van der Waals surface area contributed by atoms with Crippen LogP contribution in [0.5, 0.6) is 0 Å². The Morgan fingerprint density at radius 2 is 1.84 bits per heavy atom. The number of amides is 1. The van der Waals surface area contributed by atoms with Crippen molar-refractivity contribution in [1.29, 1.82) is 0 Å². The molecule has 0 radical (unpaired) electrons. The van der Waals surface area contributed by atoms with E-state index in [1.54, 1.807) is 18.3 Å². The number of sulfonamides is 1. The largest absolute Gasteiger partial charge is 0.352 e. The van der Waals surface area contributed by atoms with Gasteiger partial charge in [0.1, 0.15) is 4.90 Å². The van der Waals surface area contributed by atoms with Gasteiger partial charge in [0.15, 0.2) is 0 Å². The fourth-order valence-electron chi connectivity index (χ4n) is 2.94. The summed E-state index contributed by atoms with van der Waals surface area (Å²) in [6, 6.07) is 12.9. The highest BCUT2D eigenvalue weighted by molar-refractivity contribution is 7.89. The quantitative estimate of drug-likeness (QED) is 0.883. The number of hydrogen-bond acceptors (Lipinski definition) is 4. The fourth-order valence-corrected chi connectivity index (χ4v) is 4.37. The Kier molecular flexibility index (Phi) is 5.45. The normalized spacial score (nSPS) is 16.5. The summed E-state index contributed by atoms with van der Waals surface area (Å²) in [6.45, 7) is 1.19. The van der Waals surface area contributed by atoms with Gasteiger partial charge in [0.2, 0.25) is 15.9 Å². The van der Waals surface area contributed by atoms with Crippen molar-refractivity contribution < 1.29 is 13.2 Å². The molecular weight excluding hydrogens is 338 g/mol. The van der Waals surface area contributed by atoms with Crippen LogP contribution < -0.4 is 5.32 Å². The molecule has 7 heteroatoms. The Hall–Kier alpha value is -2.25. The van der Waals surface area contributed by atoms with Gasteiger partial charge in [-0.2, -0.15) is 4.31 Å². The van der Waals surface area contributed by atoms with Crippen LogP contribution >= 0.6 is 0 Å². The molecular formula is C18H21N3O3S. The zero-order valence-electron chi connectivity index (χ0n) is 13.8. The van der Waals surface area contributed by atoms with Crippen LogP contribution in [-0.2, 0) is 21.4 Å². The van der Waals surface area contributed by atoms with E-state index in [9.17, 15) is 13.2 Å². The van der Waals surface area contributed by atoms with Gasteiger partial charge in [-0.3, -0.25) is 9.78 Å². The number of nitrogens with one attached hydrogen (secondary N) is 1. The summed E-state index contributed by atoms with van der Waals surface area (Å²) in [7, 11) is -3.53. The number of carbonyl (C=O) groups is 1. The van der Waals surface area contributed by atoms with E-state index in [4.69, 9.17) is 0 Å². The molecule has 1 aromatic carbocycles.